The van der Waals surface area contributed by atoms with Crippen molar-refractivity contribution in [1.82, 2.24) is 0 Å². The average molecular weight is 194 g/mol. The first kappa shape index (κ1) is 8.72. The fraction of sp³-hybridized carbons (Fsp3) is 0.200. The number of hydrogen-bond acceptors (Lipinski definition) is 0. The van der Waals surface area contributed by atoms with E-state index in [0.29, 0.717) is 0 Å². The van der Waals surface area contributed by atoms with Gasteiger partial charge in [0.05, 0.1) is 0 Å². The molecule has 0 aliphatic heterocycles. The zero-order valence-electron chi connectivity index (χ0n) is 9.17. The van der Waals surface area contributed by atoms with Crippen LogP contribution in [-0.4, -0.2) is 0 Å². The summed E-state index contributed by atoms with van der Waals surface area (Å²) in [4.78, 5) is 0. The Balaban J connectivity index is 2.54. The minimum Gasteiger partial charge on any atom is -0.0795 e. The van der Waals surface area contributed by atoms with Gasteiger partial charge in [-0.15, -0.1) is 0 Å². The smallest absolute Gasteiger partial charge is 0.00734 e. The predicted octanol–water partition coefficient (Wildman–Crippen LogP) is 4.03. The number of aryl methyl sites for hydroxylation is 2. The van der Waals surface area contributed by atoms with E-state index in [1.54, 1.807) is 0 Å². The summed E-state index contributed by atoms with van der Waals surface area (Å²) in [6.07, 6.45) is 5.60. The third kappa shape index (κ3) is 1.21. The summed E-state index contributed by atoms with van der Waals surface area (Å²) in [7, 11) is 0. The maximum absolute atomic E-state index is 2.28. The lowest BCUT2D eigenvalue weighted by atomic mass is 9.89. The molecule has 2 aromatic rings. The number of benzene rings is 2. The normalized spacial score (nSPS) is 13.5. The van der Waals surface area contributed by atoms with E-state index in [9.17, 15) is 0 Å². The molecule has 0 saturated heterocycles. The Morgan fingerprint density at radius 3 is 2.80 bits per heavy atom. The summed E-state index contributed by atoms with van der Waals surface area (Å²) in [5, 5.41) is 2.85. The monoisotopic (exact) mass is 194 g/mol. The van der Waals surface area contributed by atoms with Crippen molar-refractivity contribution in [1.29, 1.82) is 0 Å². The second-order valence-electron chi connectivity index (χ2n) is 4.42. The molecule has 3 rings (SSSR count). The summed E-state index contributed by atoms with van der Waals surface area (Å²) in [6, 6.07) is 9.03. The van der Waals surface area contributed by atoms with E-state index < -0.39 is 0 Å². The molecule has 1 aliphatic carbocycles. The van der Waals surface area contributed by atoms with E-state index in [2.05, 4.69) is 50.3 Å². The van der Waals surface area contributed by atoms with Crippen molar-refractivity contribution < 1.29 is 0 Å². The lowest BCUT2D eigenvalue weighted by Crippen LogP contribution is -1.96. The molecule has 0 spiro atoms. The fourth-order valence-corrected chi connectivity index (χ4v) is 2.53. The first-order chi connectivity index (χ1) is 7.25. The molecule has 0 heterocycles. The van der Waals surface area contributed by atoms with E-state index in [0.717, 1.165) is 6.42 Å². The van der Waals surface area contributed by atoms with E-state index in [-0.39, 0.29) is 0 Å². The van der Waals surface area contributed by atoms with Crippen molar-refractivity contribution in [2.24, 2.45) is 0 Å². The molecule has 0 bridgehead atoms. The Hall–Kier alpha value is -1.56. The van der Waals surface area contributed by atoms with Gasteiger partial charge >= 0.3 is 0 Å². The van der Waals surface area contributed by atoms with Gasteiger partial charge in [-0.25, -0.2) is 0 Å². The molecule has 0 unspecified atom stereocenters. The van der Waals surface area contributed by atoms with Crippen molar-refractivity contribution in [3.8, 4) is 0 Å². The van der Waals surface area contributed by atoms with Gasteiger partial charge < -0.3 is 0 Å². The largest absolute Gasteiger partial charge is 0.0795 e. The molecule has 0 radical (unpaired) electrons. The van der Waals surface area contributed by atoms with Gasteiger partial charge in [0.15, 0.2) is 0 Å². The van der Waals surface area contributed by atoms with Gasteiger partial charge in [-0.1, -0.05) is 36.4 Å². The minimum atomic E-state index is 1.08. The summed E-state index contributed by atoms with van der Waals surface area (Å²) < 4.78 is 0. The fourth-order valence-electron chi connectivity index (χ4n) is 2.53. The molecule has 0 saturated carbocycles. The molecular weight excluding hydrogens is 180 g/mol. The van der Waals surface area contributed by atoms with Crippen molar-refractivity contribution >= 4 is 16.8 Å². The van der Waals surface area contributed by atoms with Gasteiger partial charge in [0.2, 0.25) is 0 Å². The van der Waals surface area contributed by atoms with Crippen LogP contribution in [0.1, 0.15) is 22.3 Å². The zero-order valence-corrected chi connectivity index (χ0v) is 9.17. The maximum atomic E-state index is 2.28. The highest BCUT2D eigenvalue weighted by Crippen LogP contribution is 2.31. The van der Waals surface area contributed by atoms with Gasteiger partial charge in [0, 0.05) is 0 Å². The van der Waals surface area contributed by atoms with Gasteiger partial charge in [-0.3, -0.25) is 0 Å². The molecule has 2 aromatic carbocycles. The zero-order chi connectivity index (χ0) is 10.4. The van der Waals surface area contributed by atoms with Gasteiger partial charge in [-0.2, -0.15) is 0 Å². The van der Waals surface area contributed by atoms with Crippen molar-refractivity contribution in [3.63, 3.8) is 0 Å². The highest BCUT2D eigenvalue weighted by Gasteiger charge is 2.10. The van der Waals surface area contributed by atoms with E-state index in [4.69, 9.17) is 0 Å². The lowest BCUT2D eigenvalue weighted by Gasteiger charge is -2.15. The van der Waals surface area contributed by atoms with E-state index >= 15 is 0 Å². The molecule has 0 amide bonds. The maximum Gasteiger partial charge on any atom is -0.00734 e. The molecule has 0 heteroatoms. The van der Waals surface area contributed by atoms with E-state index in [1.165, 1.54) is 33.0 Å². The summed E-state index contributed by atoms with van der Waals surface area (Å²) >= 11 is 0. The predicted molar refractivity (Wildman–Crippen MR) is 66.2 cm³/mol. The second kappa shape index (κ2) is 2.96. The average Bonchev–Trinajstić information content (AvgIpc) is 2.23. The summed E-state index contributed by atoms with van der Waals surface area (Å²) in [6.45, 7) is 4.37. The molecule has 0 atom stereocenters. The molecule has 1 aliphatic rings. The summed E-state index contributed by atoms with van der Waals surface area (Å²) in [5.41, 5.74) is 5.65. The molecule has 0 nitrogen and oxygen atoms in total. The number of rotatable bonds is 0. The number of allylic oxidation sites excluding steroid dienone is 1. The van der Waals surface area contributed by atoms with Gasteiger partial charge in [-0.05, 0) is 53.3 Å². The van der Waals surface area contributed by atoms with Crippen LogP contribution in [0.25, 0.3) is 16.8 Å². The van der Waals surface area contributed by atoms with E-state index in [1.807, 2.05) is 0 Å². The van der Waals surface area contributed by atoms with Crippen LogP contribution in [0.5, 0.6) is 0 Å². The van der Waals surface area contributed by atoms with Crippen LogP contribution in [0.2, 0.25) is 0 Å². The van der Waals surface area contributed by atoms with Crippen LogP contribution < -0.4 is 0 Å². The molecule has 0 N–H and O–H groups in total. The Morgan fingerprint density at radius 1 is 1.07 bits per heavy atom. The van der Waals surface area contributed by atoms with Crippen molar-refractivity contribution in [2.45, 2.75) is 20.3 Å². The highest BCUT2D eigenvalue weighted by molar-refractivity contribution is 5.96. The Bertz CT molecular complexity index is 574. The molecule has 0 fully saturated rings. The van der Waals surface area contributed by atoms with Crippen LogP contribution in [0.4, 0.5) is 0 Å². The number of hydrogen-bond donors (Lipinski definition) is 0. The minimum absolute atomic E-state index is 1.08. The Kier molecular flexibility index (Phi) is 1.72. The van der Waals surface area contributed by atoms with Crippen LogP contribution in [0.15, 0.2) is 30.3 Å². The molecular formula is C15H14. The van der Waals surface area contributed by atoms with Crippen molar-refractivity contribution in [2.75, 3.05) is 0 Å². The third-order valence-electron chi connectivity index (χ3n) is 3.25. The Morgan fingerprint density at radius 2 is 1.93 bits per heavy atom. The second-order valence-corrected chi connectivity index (χ2v) is 4.42. The molecule has 0 aromatic heterocycles. The van der Waals surface area contributed by atoms with Gasteiger partial charge in [0.1, 0.15) is 0 Å². The van der Waals surface area contributed by atoms with Gasteiger partial charge in [0.25, 0.3) is 0 Å². The SMILES string of the molecule is Cc1cc2c3c(c(C)ccc3c1)CC=C2. The first-order valence-electron chi connectivity index (χ1n) is 5.45. The van der Waals surface area contributed by atoms with Crippen molar-refractivity contribution in [3.05, 3.63) is 52.6 Å². The molecule has 74 valence electrons. The van der Waals surface area contributed by atoms with Crippen LogP contribution in [0.3, 0.4) is 0 Å². The van der Waals surface area contributed by atoms with Crippen LogP contribution in [-0.2, 0) is 6.42 Å². The molecule has 15 heavy (non-hydrogen) atoms. The lowest BCUT2D eigenvalue weighted by molar-refractivity contribution is 1.23. The standard InChI is InChI=1S/C15H14/c1-10-8-12-4-3-5-14-11(2)6-7-13(9-10)15(12)14/h3-4,6-9H,5H2,1-2H3. The third-order valence-corrected chi connectivity index (χ3v) is 3.25. The Labute approximate surface area is 90.2 Å². The van der Waals surface area contributed by atoms with Crippen LogP contribution in [0, 0.1) is 13.8 Å². The summed E-state index contributed by atoms with van der Waals surface area (Å²) in [5.74, 6) is 0. The quantitative estimate of drug-likeness (QED) is 0.594. The van der Waals surface area contributed by atoms with Crippen LogP contribution >= 0.6 is 0 Å². The first-order valence-corrected chi connectivity index (χ1v) is 5.45. The topological polar surface area (TPSA) is 0 Å². The highest BCUT2D eigenvalue weighted by atomic mass is 14.1.